The highest BCUT2D eigenvalue weighted by molar-refractivity contribution is 6.10. The second-order valence-corrected chi connectivity index (χ2v) is 5.10. The SMILES string of the molecule is Cc1ccc2c(oc3ccccc32)c1-c1ccccc1. The number of hydrogen-bond donors (Lipinski definition) is 0. The summed E-state index contributed by atoms with van der Waals surface area (Å²) in [6, 6.07) is 23.0. The molecule has 4 aromatic rings. The molecule has 1 aromatic heterocycles. The van der Waals surface area contributed by atoms with E-state index in [1.807, 2.05) is 18.2 Å². The number of furan rings is 1. The van der Waals surface area contributed by atoms with Gasteiger partial charge in [0.05, 0.1) is 0 Å². The summed E-state index contributed by atoms with van der Waals surface area (Å²) in [5.74, 6) is 0. The summed E-state index contributed by atoms with van der Waals surface area (Å²) < 4.78 is 6.12. The van der Waals surface area contributed by atoms with Gasteiger partial charge in [-0.2, -0.15) is 0 Å². The average molecular weight is 258 g/mol. The molecule has 0 aliphatic rings. The van der Waals surface area contributed by atoms with Gasteiger partial charge >= 0.3 is 0 Å². The Morgan fingerprint density at radius 3 is 2.30 bits per heavy atom. The van der Waals surface area contributed by atoms with Crippen LogP contribution in [-0.4, -0.2) is 0 Å². The molecule has 0 atom stereocenters. The predicted molar refractivity (Wildman–Crippen MR) is 83.9 cm³/mol. The first-order chi connectivity index (χ1) is 9.84. The first-order valence-electron chi connectivity index (χ1n) is 6.81. The van der Waals surface area contributed by atoms with Gasteiger partial charge in [-0.25, -0.2) is 0 Å². The molecular weight excluding hydrogens is 244 g/mol. The molecule has 0 unspecified atom stereocenters. The van der Waals surface area contributed by atoms with Crippen molar-refractivity contribution >= 4 is 21.9 Å². The molecule has 0 N–H and O–H groups in total. The van der Waals surface area contributed by atoms with Gasteiger partial charge in [-0.3, -0.25) is 0 Å². The predicted octanol–water partition coefficient (Wildman–Crippen LogP) is 5.56. The van der Waals surface area contributed by atoms with Crippen LogP contribution in [0.2, 0.25) is 0 Å². The minimum Gasteiger partial charge on any atom is -0.455 e. The van der Waals surface area contributed by atoms with Gasteiger partial charge in [-0.1, -0.05) is 60.7 Å². The number of para-hydroxylation sites is 1. The van der Waals surface area contributed by atoms with Crippen LogP contribution < -0.4 is 0 Å². The third-order valence-electron chi connectivity index (χ3n) is 3.82. The van der Waals surface area contributed by atoms with Gasteiger partial charge in [0.1, 0.15) is 11.2 Å². The third kappa shape index (κ3) is 1.56. The van der Waals surface area contributed by atoms with Gasteiger partial charge in [-0.05, 0) is 24.1 Å². The van der Waals surface area contributed by atoms with Gasteiger partial charge in [0, 0.05) is 16.3 Å². The van der Waals surface area contributed by atoms with Gasteiger partial charge in [0.2, 0.25) is 0 Å². The summed E-state index contributed by atoms with van der Waals surface area (Å²) in [6.45, 7) is 2.13. The van der Waals surface area contributed by atoms with Crippen molar-refractivity contribution < 1.29 is 4.42 Å². The lowest BCUT2D eigenvalue weighted by Gasteiger charge is -2.06. The smallest absolute Gasteiger partial charge is 0.143 e. The zero-order valence-corrected chi connectivity index (χ0v) is 11.3. The molecule has 96 valence electrons. The fourth-order valence-electron chi connectivity index (χ4n) is 2.85. The Morgan fingerprint density at radius 1 is 0.700 bits per heavy atom. The molecule has 0 spiro atoms. The first kappa shape index (κ1) is 11.3. The van der Waals surface area contributed by atoms with Gasteiger partial charge in [-0.15, -0.1) is 0 Å². The maximum Gasteiger partial charge on any atom is 0.143 e. The van der Waals surface area contributed by atoms with Crippen molar-refractivity contribution in [2.45, 2.75) is 6.92 Å². The van der Waals surface area contributed by atoms with Crippen LogP contribution in [-0.2, 0) is 0 Å². The lowest BCUT2D eigenvalue weighted by Crippen LogP contribution is -1.83. The van der Waals surface area contributed by atoms with Crippen LogP contribution >= 0.6 is 0 Å². The molecule has 0 aliphatic heterocycles. The number of rotatable bonds is 1. The van der Waals surface area contributed by atoms with E-state index in [1.165, 1.54) is 27.5 Å². The van der Waals surface area contributed by atoms with Crippen LogP contribution in [0.3, 0.4) is 0 Å². The lowest BCUT2D eigenvalue weighted by molar-refractivity contribution is 0.669. The van der Waals surface area contributed by atoms with Crippen LogP contribution in [0, 0.1) is 6.92 Å². The van der Waals surface area contributed by atoms with E-state index in [0.717, 1.165) is 11.2 Å². The van der Waals surface area contributed by atoms with Crippen molar-refractivity contribution in [3.63, 3.8) is 0 Å². The molecule has 20 heavy (non-hydrogen) atoms. The highest BCUT2D eigenvalue weighted by Gasteiger charge is 2.13. The molecule has 0 radical (unpaired) electrons. The Kier molecular flexibility index (Phi) is 2.40. The molecule has 4 rings (SSSR count). The topological polar surface area (TPSA) is 13.1 Å². The van der Waals surface area contributed by atoms with Crippen molar-refractivity contribution in [1.29, 1.82) is 0 Å². The number of benzene rings is 3. The van der Waals surface area contributed by atoms with E-state index in [2.05, 4.69) is 55.5 Å². The third-order valence-corrected chi connectivity index (χ3v) is 3.82. The number of aryl methyl sites for hydroxylation is 1. The van der Waals surface area contributed by atoms with E-state index in [4.69, 9.17) is 4.42 Å². The second kappa shape index (κ2) is 4.24. The van der Waals surface area contributed by atoms with Gasteiger partial charge in [0.15, 0.2) is 0 Å². The minimum atomic E-state index is 0.949. The number of hydrogen-bond acceptors (Lipinski definition) is 1. The Labute approximate surface area is 117 Å². The van der Waals surface area contributed by atoms with E-state index >= 15 is 0 Å². The molecule has 0 saturated heterocycles. The van der Waals surface area contributed by atoms with Crippen LogP contribution in [0.25, 0.3) is 33.1 Å². The molecule has 0 bridgehead atoms. The monoisotopic (exact) mass is 258 g/mol. The Bertz CT molecular complexity index is 901. The maximum absolute atomic E-state index is 6.12. The van der Waals surface area contributed by atoms with Crippen LogP contribution in [0.5, 0.6) is 0 Å². The van der Waals surface area contributed by atoms with Crippen LogP contribution in [0.15, 0.2) is 71.1 Å². The number of fused-ring (bicyclic) bond motifs is 3. The molecule has 1 nitrogen and oxygen atoms in total. The summed E-state index contributed by atoms with van der Waals surface area (Å²) in [5.41, 5.74) is 5.57. The van der Waals surface area contributed by atoms with E-state index < -0.39 is 0 Å². The molecular formula is C19H14O. The fraction of sp³-hybridized carbons (Fsp3) is 0.0526. The minimum absolute atomic E-state index is 0.949. The van der Waals surface area contributed by atoms with Crippen LogP contribution in [0.1, 0.15) is 5.56 Å². The molecule has 0 saturated carbocycles. The van der Waals surface area contributed by atoms with Gasteiger partial charge in [0.25, 0.3) is 0 Å². The molecule has 1 heteroatoms. The summed E-state index contributed by atoms with van der Waals surface area (Å²) in [4.78, 5) is 0. The van der Waals surface area contributed by atoms with Crippen molar-refractivity contribution in [2.24, 2.45) is 0 Å². The molecule has 1 heterocycles. The lowest BCUT2D eigenvalue weighted by atomic mass is 9.98. The summed E-state index contributed by atoms with van der Waals surface area (Å²) in [7, 11) is 0. The van der Waals surface area contributed by atoms with Crippen molar-refractivity contribution in [2.75, 3.05) is 0 Å². The largest absolute Gasteiger partial charge is 0.455 e. The summed E-state index contributed by atoms with van der Waals surface area (Å²) >= 11 is 0. The average Bonchev–Trinajstić information content (AvgIpc) is 2.86. The van der Waals surface area contributed by atoms with Crippen molar-refractivity contribution in [1.82, 2.24) is 0 Å². The first-order valence-corrected chi connectivity index (χ1v) is 6.81. The summed E-state index contributed by atoms with van der Waals surface area (Å²) in [5, 5.41) is 2.37. The Hall–Kier alpha value is -2.54. The normalized spacial score (nSPS) is 11.2. The Morgan fingerprint density at radius 2 is 1.45 bits per heavy atom. The van der Waals surface area contributed by atoms with Crippen molar-refractivity contribution in [3.8, 4) is 11.1 Å². The highest BCUT2D eigenvalue weighted by Crippen LogP contribution is 2.37. The highest BCUT2D eigenvalue weighted by atomic mass is 16.3. The zero-order chi connectivity index (χ0) is 13.5. The van der Waals surface area contributed by atoms with E-state index in [1.54, 1.807) is 0 Å². The van der Waals surface area contributed by atoms with Crippen molar-refractivity contribution in [3.05, 3.63) is 72.3 Å². The molecule has 0 aliphatic carbocycles. The molecule has 0 fully saturated rings. The Balaban J connectivity index is 2.17. The van der Waals surface area contributed by atoms with Crippen LogP contribution in [0.4, 0.5) is 0 Å². The zero-order valence-electron chi connectivity index (χ0n) is 11.3. The standard InChI is InChI=1S/C19H14O/c1-13-11-12-16-15-9-5-6-10-17(15)20-19(16)18(13)14-7-3-2-4-8-14/h2-12H,1H3. The van der Waals surface area contributed by atoms with E-state index in [0.29, 0.717) is 0 Å². The quantitative estimate of drug-likeness (QED) is 0.435. The molecule has 3 aromatic carbocycles. The van der Waals surface area contributed by atoms with Gasteiger partial charge < -0.3 is 4.42 Å². The summed E-state index contributed by atoms with van der Waals surface area (Å²) in [6.07, 6.45) is 0. The maximum atomic E-state index is 6.12. The van der Waals surface area contributed by atoms with E-state index in [-0.39, 0.29) is 0 Å². The van der Waals surface area contributed by atoms with E-state index in [9.17, 15) is 0 Å². The fourth-order valence-corrected chi connectivity index (χ4v) is 2.85. The molecule has 0 amide bonds. The second-order valence-electron chi connectivity index (χ2n) is 5.10.